The van der Waals surface area contributed by atoms with E-state index in [1.807, 2.05) is 7.11 Å². The molecule has 10 heavy (non-hydrogen) atoms. The summed E-state index contributed by atoms with van der Waals surface area (Å²) >= 11 is 6.19. The molecule has 4 rings (SSSR count). The molecule has 0 saturated heterocycles. The van der Waals surface area contributed by atoms with E-state index in [9.17, 15) is 0 Å². The maximum atomic E-state index is 6.19. The van der Waals surface area contributed by atoms with Gasteiger partial charge in [0.15, 0.2) is 0 Å². The van der Waals surface area contributed by atoms with E-state index in [2.05, 4.69) is 0 Å². The van der Waals surface area contributed by atoms with Gasteiger partial charge in [0, 0.05) is 18.4 Å². The summed E-state index contributed by atoms with van der Waals surface area (Å²) in [4.78, 5) is 0. The van der Waals surface area contributed by atoms with E-state index in [0.717, 1.165) is 17.8 Å². The minimum absolute atomic E-state index is 0.458. The van der Waals surface area contributed by atoms with Crippen molar-refractivity contribution in [1.82, 2.24) is 0 Å². The minimum Gasteiger partial charge on any atom is -0.381 e. The number of halogens is 1. The Balaban J connectivity index is 1.95. The van der Waals surface area contributed by atoms with Gasteiger partial charge < -0.3 is 4.74 Å². The predicted octanol–water partition coefficient (Wildman–Crippen LogP) is 1.50. The molecule has 0 radical (unpaired) electrons. The SMILES string of the molecule is CO[C@H]1[C@H]2C[C@@H]3[C@H]([C@H]2Cl)[C@@H]31. The van der Waals surface area contributed by atoms with Gasteiger partial charge in [-0.15, -0.1) is 11.6 Å². The fourth-order valence-electron chi connectivity index (χ4n) is 3.32. The first-order valence-electron chi connectivity index (χ1n) is 4.01. The molecule has 4 saturated carbocycles. The Morgan fingerprint density at radius 3 is 2.30 bits per heavy atom. The Labute approximate surface area is 65.7 Å². The molecule has 0 aromatic carbocycles. The van der Waals surface area contributed by atoms with Gasteiger partial charge in [-0.2, -0.15) is 0 Å². The molecule has 4 bridgehead atoms. The molecular formula is C8H11ClO. The Morgan fingerprint density at radius 1 is 1.30 bits per heavy atom. The highest BCUT2D eigenvalue weighted by molar-refractivity contribution is 6.21. The largest absolute Gasteiger partial charge is 0.381 e. The van der Waals surface area contributed by atoms with Crippen molar-refractivity contribution in [3.8, 4) is 0 Å². The molecule has 0 spiro atoms. The van der Waals surface area contributed by atoms with Crippen LogP contribution in [0.4, 0.5) is 0 Å². The van der Waals surface area contributed by atoms with Gasteiger partial charge in [-0.25, -0.2) is 0 Å². The van der Waals surface area contributed by atoms with Crippen LogP contribution in [0.2, 0.25) is 0 Å². The second kappa shape index (κ2) is 1.54. The van der Waals surface area contributed by atoms with Gasteiger partial charge in [0.2, 0.25) is 0 Å². The lowest BCUT2D eigenvalue weighted by Gasteiger charge is -2.13. The fraction of sp³-hybridized carbons (Fsp3) is 1.00. The van der Waals surface area contributed by atoms with Crippen molar-refractivity contribution >= 4 is 11.6 Å². The molecule has 0 aromatic heterocycles. The number of alkyl halides is 1. The van der Waals surface area contributed by atoms with Gasteiger partial charge in [0.25, 0.3) is 0 Å². The summed E-state index contributed by atoms with van der Waals surface area (Å²) in [6.45, 7) is 0. The van der Waals surface area contributed by atoms with E-state index < -0.39 is 0 Å². The van der Waals surface area contributed by atoms with Gasteiger partial charge >= 0.3 is 0 Å². The Morgan fingerprint density at radius 2 is 2.10 bits per heavy atom. The highest BCUT2D eigenvalue weighted by Crippen LogP contribution is 2.72. The number of hydrogen-bond donors (Lipinski definition) is 0. The minimum atomic E-state index is 0.458. The normalized spacial score (nSPS) is 69.0. The van der Waals surface area contributed by atoms with Crippen molar-refractivity contribution in [1.29, 1.82) is 0 Å². The molecule has 4 fully saturated rings. The van der Waals surface area contributed by atoms with Crippen LogP contribution in [0.5, 0.6) is 0 Å². The van der Waals surface area contributed by atoms with Crippen LogP contribution in [0.25, 0.3) is 0 Å². The third kappa shape index (κ3) is 0.417. The van der Waals surface area contributed by atoms with Crippen LogP contribution in [0.15, 0.2) is 0 Å². The first kappa shape index (κ1) is 5.84. The van der Waals surface area contributed by atoms with E-state index in [0.29, 0.717) is 17.4 Å². The number of methoxy groups -OCH3 is 1. The standard InChI is InChI=1S/C8H11ClO/c1-10-8-4-2-3-5(6(3)8)7(4)9/h3-8H,2H2,1H3/t3-,4+,5+,6-,7+,8+/m1/s1. The molecule has 0 aromatic rings. The third-order valence-corrected chi connectivity index (χ3v) is 4.30. The first-order valence-corrected chi connectivity index (χ1v) is 4.45. The van der Waals surface area contributed by atoms with E-state index in [4.69, 9.17) is 16.3 Å². The summed E-state index contributed by atoms with van der Waals surface area (Å²) in [5.74, 6) is 3.36. The summed E-state index contributed by atoms with van der Waals surface area (Å²) in [7, 11) is 1.82. The van der Waals surface area contributed by atoms with Crippen molar-refractivity contribution in [2.24, 2.45) is 23.7 Å². The molecule has 0 aliphatic heterocycles. The summed E-state index contributed by atoms with van der Waals surface area (Å²) in [6.07, 6.45) is 1.87. The highest BCUT2D eigenvalue weighted by Gasteiger charge is 2.73. The summed E-state index contributed by atoms with van der Waals surface area (Å²) in [5.41, 5.74) is 0. The number of ether oxygens (including phenoxy) is 1. The smallest absolute Gasteiger partial charge is 0.0647 e. The van der Waals surface area contributed by atoms with Crippen LogP contribution in [0, 0.1) is 23.7 Å². The Hall–Kier alpha value is 0.250. The first-order chi connectivity index (χ1) is 4.84. The number of hydrogen-bond acceptors (Lipinski definition) is 1. The Bertz CT molecular complexity index is 182. The summed E-state index contributed by atoms with van der Waals surface area (Å²) < 4.78 is 5.40. The number of rotatable bonds is 1. The summed E-state index contributed by atoms with van der Waals surface area (Å²) in [6, 6.07) is 0. The quantitative estimate of drug-likeness (QED) is 0.526. The lowest BCUT2D eigenvalue weighted by molar-refractivity contribution is 0.0727. The van der Waals surface area contributed by atoms with Gasteiger partial charge in [-0.3, -0.25) is 0 Å². The Kier molecular flexibility index (Phi) is 0.897. The molecule has 6 atom stereocenters. The predicted molar refractivity (Wildman–Crippen MR) is 39.0 cm³/mol. The van der Waals surface area contributed by atoms with Gasteiger partial charge in [0.05, 0.1) is 6.10 Å². The topological polar surface area (TPSA) is 9.23 Å². The van der Waals surface area contributed by atoms with Gasteiger partial charge in [-0.05, 0) is 24.2 Å². The molecule has 4 aliphatic rings. The van der Waals surface area contributed by atoms with Crippen LogP contribution in [0.3, 0.4) is 0 Å². The van der Waals surface area contributed by atoms with E-state index >= 15 is 0 Å². The highest BCUT2D eigenvalue weighted by atomic mass is 35.5. The lowest BCUT2D eigenvalue weighted by Crippen LogP contribution is -2.18. The second-order valence-electron chi connectivity index (χ2n) is 3.86. The molecule has 0 heterocycles. The second-order valence-corrected chi connectivity index (χ2v) is 4.37. The van der Waals surface area contributed by atoms with Crippen molar-refractivity contribution in [2.45, 2.75) is 17.9 Å². The van der Waals surface area contributed by atoms with Crippen LogP contribution < -0.4 is 0 Å². The average molecular weight is 159 g/mol. The monoisotopic (exact) mass is 158 g/mol. The zero-order valence-corrected chi connectivity index (χ0v) is 6.71. The zero-order valence-electron chi connectivity index (χ0n) is 5.96. The van der Waals surface area contributed by atoms with E-state index in [-0.39, 0.29) is 0 Å². The van der Waals surface area contributed by atoms with Crippen molar-refractivity contribution in [3.05, 3.63) is 0 Å². The molecule has 4 aliphatic carbocycles. The van der Waals surface area contributed by atoms with Crippen LogP contribution in [0.1, 0.15) is 6.42 Å². The molecule has 56 valence electrons. The van der Waals surface area contributed by atoms with Crippen LogP contribution >= 0.6 is 11.6 Å². The molecule has 1 nitrogen and oxygen atoms in total. The fourth-order valence-corrected chi connectivity index (χ4v) is 3.92. The van der Waals surface area contributed by atoms with Crippen molar-refractivity contribution in [2.75, 3.05) is 7.11 Å². The van der Waals surface area contributed by atoms with Crippen molar-refractivity contribution in [3.63, 3.8) is 0 Å². The molecule has 0 N–H and O–H groups in total. The molecule has 2 heteroatoms. The zero-order chi connectivity index (χ0) is 6.88. The van der Waals surface area contributed by atoms with Crippen LogP contribution in [-0.4, -0.2) is 18.6 Å². The maximum absolute atomic E-state index is 6.19. The molecule has 0 unspecified atom stereocenters. The third-order valence-electron chi connectivity index (χ3n) is 3.69. The lowest BCUT2D eigenvalue weighted by atomic mass is 10.1. The van der Waals surface area contributed by atoms with Crippen LogP contribution in [-0.2, 0) is 4.74 Å². The van der Waals surface area contributed by atoms with E-state index in [1.165, 1.54) is 6.42 Å². The average Bonchev–Trinajstić information content (AvgIpc) is 2.29. The maximum Gasteiger partial charge on any atom is 0.0647 e. The van der Waals surface area contributed by atoms with Gasteiger partial charge in [0.1, 0.15) is 0 Å². The molecule has 0 amide bonds. The van der Waals surface area contributed by atoms with Crippen molar-refractivity contribution < 1.29 is 4.74 Å². The summed E-state index contributed by atoms with van der Waals surface area (Å²) in [5, 5.41) is 0.458. The molecular weight excluding hydrogens is 148 g/mol. The van der Waals surface area contributed by atoms with E-state index in [1.54, 1.807) is 0 Å². The van der Waals surface area contributed by atoms with Gasteiger partial charge in [-0.1, -0.05) is 0 Å².